The van der Waals surface area contributed by atoms with Crippen molar-refractivity contribution >= 4 is 77.1 Å². The second-order valence-electron chi connectivity index (χ2n) is 13.9. The summed E-state index contributed by atoms with van der Waals surface area (Å²) in [6.07, 6.45) is 3.55. The summed E-state index contributed by atoms with van der Waals surface area (Å²) in [6.45, 7) is 9.78. The Hall–Kier alpha value is -5.11. The van der Waals surface area contributed by atoms with Crippen LogP contribution >= 0.6 is 0 Å². The van der Waals surface area contributed by atoms with Crippen LogP contribution in [-0.4, -0.2) is 120 Å². The van der Waals surface area contributed by atoms with Crippen LogP contribution in [-0.2, 0) is 134 Å². The summed E-state index contributed by atoms with van der Waals surface area (Å²) < 4.78 is 58.5. The summed E-state index contributed by atoms with van der Waals surface area (Å²) in [4.78, 5) is 42.7. The SMILES string of the molecule is C.CC(=O)O.CC(=O)O.CC(C)N(c1ccccc1-c1cccc[n+]1C(C)C)S(=O)(=O)c1ccccc1[N+](=O)[O-].O.O.O.O.O.O.O.O.O.O.O.O=[N+]([O-])c1ccccc1S(=O)(=O)Nc1ccccc1-c1ccccn1.S=S.[CH3-].[CH3-].[CH3-].[CH3-].[CH3-].[CH3-].[CH3-].[CH3-].[Ni+2].[Ni+2].[Ni+2].[Ni+2].[Ni]. The molecule has 0 atom stereocenters. The molecular formula is C53H97N6Ni5O23S4+. The van der Waals surface area contributed by atoms with E-state index in [0.29, 0.717) is 22.6 Å². The molecular weight excluding hydrogens is 1510 g/mol. The molecule has 6 rings (SSSR count). The third kappa shape index (κ3) is 49.2. The number of pyridine rings is 2. The number of carbonyl (C=O) groups is 2. The summed E-state index contributed by atoms with van der Waals surface area (Å²) in [5.74, 6) is -1.67. The minimum absolute atomic E-state index is 0. The van der Waals surface area contributed by atoms with Crippen LogP contribution in [0.15, 0.2) is 156 Å². The van der Waals surface area contributed by atoms with Crippen molar-refractivity contribution in [2.75, 3.05) is 9.03 Å². The number of hydrogen-bond acceptors (Lipinski definition) is 13. The Morgan fingerprint density at radius 2 is 0.868 bits per heavy atom. The number of carboxylic acids is 2. The van der Waals surface area contributed by atoms with Crippen LogP contribution in [0.5, 0.6) is 0 Å². The van der Waals surface area contributed by atoms with Gasteiger partial charge in [0.25, 0.3) is 43.4 Å². The Balaban J connectivity index is -0.0000000317. The third-order valence-corrected chi connectivity index (χ3v) is 11.8. The fraction of sp³-hybridized carbons (Fsp3) is 0.170. The molecule has 29 nitrogen and oxygen atoms in total. The Bertz CT molecular complexity index is 2870. The van der Waals surface area contributed by atoms with Gasteiger partial charge in [-0.15, -0.1) is 0 Å². The van der Waals surface area contributed by atoms with Gasteiger partial charge in [-0.05, 0) is 76.2 Å². The summed E-state index contributed by atoms with van der Waals surface area (Å²) in [7, 11) is -8.35. The van der Waals surface area contributed by atoms with E-state index in [9.17, 15) is 37.1 Å². The van der Waals surface area contributed by atoms with Gasteiger partial charge >= 0.3 is 66.0 Å². The molecule has 25 N–H and O–H groups in total. The molecule has 0 aliphatic carbocycles. The summed E-state index contributed by atoms with van der Waals surface area (Å²) in [6, 6.07) is 35.3. The van der Waals surface area contributed by atoms with Crippen LogP contribution in [0.3, 0.4) is 0 Å². The van der Waals surface area contributed by atoms with E-state index in [1.165, 1.54) is 46.8 Å². The molecule has 0 spiro atoms. The maximum atomic E-state index is 13.7. The first-order chi connectivity index (χ1) is 31.1. The number of aliphatic carboxylic acids is 2. The van der Waals surface area contributed by atoms with Crippen molar-refractivity contribution in [1.29, 1.82) is 0 Å². The number of anilines is 2. The van der Waals surface area contributed by atoms with E-state index in [4.69, 9.17) is 19.8 Å². The fourth-order valence-electron chi connectivity index (χ4n) is 5.99. The summed E-state index contributed by atoms with van der Waals surface area (Å²) >= 11 is 7.33. The van der Waals surface area contributed by atoms with Gasteiger partial charge in [-0.25, -0.2) is 16.8 Å². The van der Waals surface area contributed by atoms with Gasteiger partial charge in [-0.1, -0.05) is 68.1 Å². The van der Waals surface area contributed by atoms with Gasteiger partial charge in [0.05, 0.1) is 32.5 Å². The van der Waals surface area contributed by atoms with Crippen LogP contribution in [0.4, 0.5) is 22.7 Å². The standard InChI is InChI=1S/C23H26N3O4S.C17H13N3O4S.2C2H4O2.CH4.8CH3.5Ni.11H2O.S2/c1-17(2)24-16-10-9-12-20(24)19-11-5-6-13-21(19)25(18(3)4)31(29,30)23-15-8-7-14-22(23)26(27)28;21-20(22)16-10-3-4-11-17(16)25(23,24)19-15-9-2-1-7-13(15)14-8-5-6-12-18-14;2*1-2(3)4;;;;;;;;;;;;;;;;;;;;;;;;;;1-2/h5-18H,1-4H3;1-12,19H;2*1H3,(H,3,4);1H4;8*1H3;;;;;;11*1H2;/q+1;;;;;8*-1;;4*+2;;;;;;;;;;;;. The van der Waals surface area contributed by atoms with Gasteiger partial charge in [0, 0.05) is 94.8 Å². The molecule has 550 valence electrons. The van der Waals surface area contributed by atoms with Crippen molar-refractivity contribution in [2.45, 2.75) is 70.8 Å². The number of carboxylic acid groups (broad SMARTS) is 2. The zero-order valence-electron chi connectivity index (χ0n) is 51.4. The van der Waals surface area contributed by atoms with Crippen LogP contribution in [0, 0.1) is 79.6 Å². The molecule has 0 unspecified atom stereocenters. The second-order valence-corrected chi connectivity index (χ2v) is 17.3. The number of rotatable bonds is 12. The van der Waals surface area contributed by atoms with Gasteiger partial charge < -0.3 is 130 Å². The van der Waals surface area contributed by atoms with E-state index in [-0.39, 0.29) is 220 Å². The average molecular weight is 1610 g/mol. The smallest absolute Gasteiger partial charge is 0.481 e. The predicted octanol–water partition coefficient (Wildman–Crippen LogP) is 3.52. The van der Waals surface area contributed by atoms with Crippen LogP contribution in [0.2, 0.25) is 0 Å². The van der Waals surface area contributed by atoms with Crippen LogP contribution < -0.4 is 13.6 Å². The van der Waals surface area contributed by atoms with Crippen molar-refractivity contribution in [3.05, 3.63) is 225 Å². The van der Waals surface area contributed by atoms with E-state index >= 15 is 0 Å². The van der Waals surface area contributed by atoms with E-state index in [2.05, 4.69) is 50.5 Å². The molecule has 0 saturated carbocycles. The maximum Gasteiger partial charge on any atom is 2.00 e. The number of nitro groups is 2. The summed E-state index contributed by atoms with van der Waals surface area (Å²) in [5.41, 5.74) is 2.58. The Labute approximate surface area is 599 Å². The zero-order chi connectivity index (χ0) is 49.8. The summed E-state index contributed by atoms with van der Waals surface area (Å²) in [5, 5.41) is 37.5. The van der Waals surface area contributed by atoms with E-state index in [0.717, 1.165) is 31.2 Å². The maximum absolute atomic E-state index is 13.7. The van der Waals surface area contributed by atoms with Gasteiger partial charge in [-0.3, -0.25) is 43.8 Å². The normalized spacial score (nSPS) is 7.60. The number of sulfonamides is 2. The first-order valence-corrected chi connectivity index (χ1v) is 23.6. The third-order valence-electron chi connectivity index (χ3n) is 8.40. The molecule has 6 aromatic rings. The average Bonchev–Trinajstić information content (AvgIpc) is 3.27. The quantitative estimate of drug-likeness (QED) is 0.0519. The van der Waals surface area contributed by atoms with Gasteiger partial charge in [-0.2, -0.15) is 4.57 Å². The first-order valence-electron chi connectivity index (χ1n) is 19.3. The molecule has 91 heavy (non-hydrogen) atoms. The molecule has 0 bridgehead atoms. The minimum Gasteiger partial charge on any atom is -0.481 e. The Morgan fingerprint density at radius 1 is 0.538 bits per heavy atom. The van der Waals surface area contributed by atoms with Crippen molar-refractivity contribution in [2.24, 2.45) is 0 Å². The Morgan fingerprint density at radius 3 is 1.24 bits per heavy atom. The monoisotopic (exact) mass is 1600 g/mol. The second kappa shape index (κ2) is 79.1. The van der Waals surface area contributed by atoms with Crippen molar-refractivity contribution in [1.82, 2.24) is 4.98 Å². The number of nitrogens with zero attached hydrogens (tertiary/aromatic N) is 5. The van der Waals surface area contributed by atoms with Crippen LogP contribution in [0.1, 0.15) is 55.0 Å². The molecule has 0 saturated heterocycles. The van der Waals surface area contributed by atoms with Crippen LogP contribution in [0.25, 0.3) is 22.5 Å². The number of aromatic nitrogens is 2. The van der Waals surface area contributed by atoms with Gasteiger partial charge in [0.15, 0.2) is 22.0 Å². The number of nitrogens with one attached hydrogen (secondary N) is 1. The van der Waals surface area contributed by atoms with E-state index < -0.39 is 64.1 Å². The molecule has 2 aromatic heterocycles. The zero-order valence-corrected chi connectivity index (χ0v) is 59.6. The molecule has 0 radical (unpaired) electrons. The molecule has 0 aliphatic heterocycles. The Kier molecular flexibility index (Phi) is 141. The van der Waals surface area contributed by atoms with E-state index in [1.54, 1.807) is 74.6 Å². The van der Waals surface area contributed by atoms with E-state index in [1.807, 2.05) is 36.5 Å². The van der Waals surface area contributed by atoms with Gasteiger partial charge in [0.2, 0.25) is 5.69 Å². The number of hydrogen-bond donors (Lipinski definition) is 3. The molecule has 0 amide bonds. The number of benzene rings is 4. The fourth-order valence-corrected chi connectivity index (χ4v) is 9.08. The molecule has 0 aliphatic rings. The van der Waals surface area contributed by atoms with Crippen molar-refractivity contribution in [3.63, 3.8) is 0 Å². The first kappa shape index (κ1) is 162. The topological polar surface area (TPSA) is 608 Å². The van der Waals surface area contributed by atoms with Gasteiger partial charge in [0.1, 0.15) is 0 Å². The van der Waals surface area contributed by atoms with Crippen molar-refractivity contribution < 1.29 is 194 Å². The van der Waals surface area contributed by atoms with Crippen molar-refractivity contribution in [3.8, 4) is 22.5 Å². The number of nitro benzene ring substituents is 2. The largest absolute Gasteiger partial charge is 2.00 e. The molecule has 38 heteroatoms. The predicted molar refractivity (Wildman–Crippen MR) is 353 cm³/mol. The minimum atomic E-state index is -4.21. The number of para-hydroxylation sites is 4. The molecule has 4 aromatic carbocycles. The molecule has 0 fully saturated rings. The molecule has 2 heterocycles.